The third kappa shape index (κ3) is 3.86. The number of anilines is 3. The summed E-state index contributed by atoms with van der Waals surface area (Å²) in [5, 5.41) is 16.2. The van der Waals surface area contributed by atoms with Crippen molar-refractivity contribution in [1.29, 1.82) is 0 Å². The molecule has 0 aliphatic carbocycles. The van der Waals surface area contributed by atoms with E-state index >= 15 is 0 Å². The molecule has 7 rings (SSSR count). The number of nitrogens with zero attached hydrogens (tertiary/aromatic N) is 6. The van der Waals surface area contributed by atoms with Crippen molar-refractivity contribution in [1.82, 2.24) is 30.3 Å². The molecule has 0 amide bonds. The normalized spacial score (nSPS) is 16.8. The highest BCUT2D eigenvalue weighted by atomic mass is 16.5. The summed E-state index contributed by atoms with van der Waals surface area (Å²) in [6.07, 6.45) is 1.58. The molecule has 0 radical (unpaired) electrons. The predicted octanol–water partition coefficient (Wildman–Crippen LogP) is 3.93. The third-order valence-electron chi connectivity index (χ3n) is 7.01. The molecule has 1 saturated heterocycles. The van der Waals surface area contributed by atoms with Crippen LogP contribution in [0.4, 0.5) is 17.2 Å². The Morgan fingerprint density at radius 2 is 2.03 bits per heavy atom. The van der Waals surface area contributed by atoms with Crippen LogP contribution in [0, 0.1) is 6.92 Å². The van der Waals surface area contributed by atoms with E-state index < -0.39 is 0 Å². The molecule has 1 fully saturated rings. The molecule has 5 aromatic rings. The lowest BCUT2D eigenvalue weighted by Gasteiger charge is -2.32. The number of rotatable bonds is 4. The maximum atomic E-state index is 6.34. The topological polar surface area (TPSA) is 102 Å². The van der Waals surface area contributed by atoms with Crippen LogP contribution in [-0.4, -0.2) is 57.2 Å². The number of aryl methyl sites for hydroxylation is 2. The van der Waals surface area contributed by atoms with E-state index in [1.165, 1.54) is 0 Å². The molecule has 186 valence electrons. The van der Waals surface area contributed by atoms with Crippen LogP contribution in [-0.2, 0) is 7.05 Å². The van der Waals surface area contributed by atoms with Crippen LogP contribution >= 0.6 is 0 Å². The molecule has 2 aliphatic rings. The number of piperazine rings is 1. The molecule has 2 bridgehead atoms. The first-order chi connectivity index (χ1) is 18.1. The van der Waals surface area contributed by atoms with Gasteiger partial charge in [0.05, 0.1) is 28.1 Å². The Morgan fingerprint density at radius 3 is 2.95 bits per heavy atom. The van der Waals surface area contributed by atoms with Gasteiger partial charge in [0.15, 0.2) is 5.75 Å². The van der Waals surface area contributed by atoms with Crippen LogP contribution < -0.4 is 25.0 Å². The lowest BCUT2D eigenvalue weighted by atomic mass is 10.1. The summed E-state index contributed by atoms with van der Waals surface area (Å²) >= 11 is 0. The average molecular weight is 495 g/mol. The molecule has 2 N–H and O–H groups in total. The van der Waals surface area contributed by atoms with Crippen molar-refractivity contribution in [3.8, 4) is 17.2 Å². The summed E-state index contributed by atoms with van der Waals surface area (Å²) in [4.78, 5) is 11.5. The van der Waals surface area contributed by atoms with Crippen LogP contribution in [0.5, 0.6) is 17.2 Å². The summed E-state index contributed by atoms with van der Waals surface area (Å²) in [6, 6.07) is 16.2. The Balaban J connectivity index is 1.20. The lowest BCUT2D eigenvalue weighted by molar-refractivity contribution is 0.273. The number of fused-ring (bicyclic) bond motifs is 7. The Bertz CT molecular complexity index is 1650. The second-order valence-electron chi connectivity index (χ2n) is 9.51. The summed E-state index contributed by atoms with van der Waals surface area (Å²) in [5.41, 5.74) is 5.58. The van der Waals surface area contributed by atoms with Crippen LogP contribution in [0.25, 0.3) is 21.9 Å². The van der Waals surface area contributed by atoms with Gasteiger partial charge in [0.2, 0.25) is 0 Å². The maximum absolute atomic E-state index is 6.34. The summed E-state index contributed by atoms with van der Waals surface area (Å²) < 4.78 is 14.3. The molecule has 0 saturated carbocycles. The van der Waals surface area contributed by atoms with Crippen molar-refractivity contribution >= 4 is 39.1 Å². The molecule has 2 aliphatic heterocycles. The van der Waals surface area contributed by atoms with Gasteiger partial charge in [0.1, 0.15) is 35.8 Å². The Morgan fingerprint density at radius 1 is 1.08 bits per heavy atom. The smallest absolute Gasteiger partial charge is 0.155 e. The van der Waals surface area contributed by atoms with Crippen molar-refractivity contribution in [2.24, 2.45) is 7.05 Å². The van der Waals surface area contributed by atoms with E-state index in [0.717, 1.165) is 70.0 Å². The number of benzene rings is 3. The maximum Gasteiger partial charge on any atom is 0.155 e. The van der Waals surface area contributed by atoms with Gasteiger partial charge in [-0.15, -0.1) is 5.10 Å². The van der Waals surface area contributed by atoms with E-state index in [9.17, 15) is 0 Å². The van der Waals surface area contributed by atoms with Gasteiger partial charge in [-0.1, -0.05) is 5.21 Å². The number of ether oxygens (including phenoxy) is 2. The molecular weight excluding hydrogens is 468 g/mol. The van der Waals surface area contributed by atoms with Crippen molar-refractivity contribution in [2.75, 3.05) is 36.5 Å². The number of aromatic nitrogens is 5. The molecule has 1 atom stereocenters. The first-order valence-electron chi connectivity index (χ1n) is 12.4. The van der Waals surface area contributed by atoms with Gasteiger partial charge in [-0.2, -0.15) is 0 Å². The quantitative estimate of drug-likeness (QED) is 0.385. The van der Waals surface area contributed by atoms with Crippen molar-refractivity contribution < 1.29 is 9.47 Å². The van der Waals surface area contributed by atoms with Crippen molar-refractivity contribution in [3.63, 3.8) is 0 Å². The number of hydrogen-bond acceptors (Lipinski definition) is 9. The van der Waals surface area contributed by atoms with Gasteiger partial charge in [0.25, 0.3) is 0 Å². The SMILES string of the molecule is Cc1cc(Nc2ncnc3ccc4c(c23)OC[C@H]2CN4CCN2)ccc1Oc1ccc2c(c1)nnn2C. The van der Waals surface area contributed by atoms with Crippen LogP contribution in [0.15, 0.2) is 54.9 Å². The first kappa shape index (κ1) is 21.8. The van der Waals surface area contributed by atoms with Gasteiger partial charge >= 0.3 is 0 Å². The minimum Gasteiger partial charge on any atom is -0.489 e. The van der Waals surface area contributed by atoms with Crippen LogP contribution in [0.1, 0.15) is 5.56 Å². The Hall–Kier alpha value is -4.44. The third-order valence-corrected chi connectivity index (χ3v) is 7.01. The fourth-order valence-corrected chi connectivity index (χ4v) is 5.13. The highest BCUT2D eigenvalue weighted by Crippen LogP contribution is 2.41. The zero-order valence-corrected chi connectivity index (χ0v) is 20.6. The minimum absolute atomic E-state index is 0.307. The molecular formula is C27H26N8O2. The molecule has 0 spiro atoms. The highest BCUT2D eigenvalue weighted by Gasteiger charge is 2.28. The van der Waals surface area contributed by atoms with Gasteiger partial charge in [0, 0.05) is 38.4 Å². The standard InChI is InChI=1S/C27H26N8O2/c1-16-11-17(3-8-24(16)37-19-4-6-22-21(12-19)32-33-34(22)2)31-27-25-20(29-15-30-27)5-7-23-26(25)36-14-18-13-35(23)10-9-28-18/h3-8,11-12,15,18,28H,9-10,13-14H2,1-2H3,(H,29,30,31)/t18-/m1/s1. The largest absolute Gasteiger partial charge is 0.489 e. The van der Waals surface area contributed by atoms with Crippen LogP contribution in [0.2, 0.25) is 0 Å². The predicted molar refractivity (Wildman–Crippen MR) is 142 cm³/mol. The second-order valence-corrected chi connectivity index (χ2v) is 9.51. The molecule has 4 heterocycles. The zero-order valence-electron chi connectivity index (χ0n) is 20.6. The number of hydrogen-bond donors (Lipinski definition) is 2. The fraction of sp³-hybridized carbons (Fsp3) is 0.259. The van der Waals surface area contributed by atoms with E-state index in [1.807, 2.05) is 56.4 Å². The summed E-state index contributed by atoms with van der Waals surface area (Å²) in [5.74, 6) is 3.04. The van der Waals surface area contributed by atoms with Crippen molar-refractivity contribution in [2.45, 2.75) is 13.0 Å². The van der Waals surface area contributed by atoms with E-state index in [4.69, 9.17) is 9.47 Å². The molecule has 0 unspecified atom stereocenters. The molecule has 10 heteroatoms. The van der Waals surface area contributed by atoms with Gasteiger partial charge in [-0.25, -0.2) is 14.6 Å². The lowest BCUT2D eigenvalue weighted by Crippen LogP contribution is -2.51. The van der Waals surface area contributed by atoms with E-state index in [1.54, 1.807) is 11.0 Å². The fourth-order valence-electron chi connectivity index (χ4n) is 5.13. The summed E-state index contributed by atoms with van der Waals surface area (Å²) in [7, 11) is 1.87. The summed E-state index contributed by atoms with van der Waals surface area (Å²) in [6.45, 7) is 5.46. The van der Waals surface area contributed by atoms with Crippen molar-refractivity contribution in [3.05, 3.63) is 60.4 Å². The Labute approximate surface area is 213 Å². The van der Waals surface area contributed by atoms with E-state index in [0.29, 0.717) is 24.2 Å². The number of nitrogens with one attached hydrogen (secondary N) is 2. The second kappa shape index (κ2) is 8.59. The first-order valence-corrected chi connectivity index (χ1v) is 12.4. The molecule has 2 aromatic heterocycles. The Kier molecular flexibility index (Phi) is 5.07. The van der Waals surface area contributed by atoms with Gasteiger partial charge < -0.3 is 25.0 Å². The van der Waals surface area contributed by atoms with E-state index in [-0.39, 0.29) is 0 Å². The molecule has 3 aromatic carbocycles. The molecule has 37 heavy (non-hydrogen) atoms. The average Bonchev–Trinajstić information content (AvgIpc) is 3.22. The molecule has 10 nitrogen and oxygen atoms in total. The van der Waals surface area contributed by atoms with Crippen LogP contribution in [0.3, 0.4) is 0 Å². The highest BCUT2D eigenvalue weighted by molar-refractivity contribution is 6.00. The van der Waals surface area contributed by atoms with Gasteiger partial charge in [-0.3, -0.25) is 0 Å². The zero-order chi connectivity index (χ0) is 24.9. The van der Waals surface area contributed by atoms with E-state index in [2.05, 4.69) is 41.9 Å². The monoisotopic (exact) mass is 494 g/mol. The van der Waals surface area contributed by atoms with Gasteiger partial charge in [-0.05, 0) is 55.0 Å². The minimum atomic E-state index is 0.307.